The van der Waals surface area contributed by atoms with Crippen LogP contribution in [0.4, 0.5) is 9.93 Å². The predicted octanol–water partition coefficient (Wildman–Crippen LogP) is 3.04. The van der Waals surface area contributed by atoms with Crippen molar-refractivity contribution in [3.05, 3.63) is 5.82 Å². The van der Waals surface area contributed by atoms with E-state index in [2.05, 4.69) is 20.0 Å². The Labute approximate surface area is 135 Å². The molecular formula is C15H26N4O2S. The van der Waals surface area contributed by atoms with Crippen LogP contribution in [0, 0.1) is 0 Å². The van der Waals surface area contributed by atoms with Crippen molar-refractivity contribution in [2.45, 2.75) is 70.3 Å². The van der Waals surface area contributed by atoms with Gasteiger partial charge < -0.3 is 10.4 Å². The van der Waals surface area contributed by atoms with Gasteiger partial charge in [0.2, 0.25) is 5.13 Å². The fourth-order valence-electron chi connectivity index (χ4n) is 2.53. The van der Waals surface area contributed by atoms with Gasteiger partial charge >= 0.3 is 6.03 Å². The van der Waals surface area contributed by atoms with Crippen molar-refractivity contribution >= 4 is 22.7 Å². The molecule has 1 aliphatic carbocycles. The van der Waals surface area contributed by atoms with Crippen LogP contribution < -0.4 is 10.6 Å². The largest absolute Gasteiger partial charge is 0.388 e. The lowest BCUT2D eigenvalue weighted by molar-refractivity contribution is 0.0281. The summed E-state index contributed by atoms with van der Waals surface area (Å²) < 4.78 is 4.26. The number of aromatic nitrogens is 2. The van der Waals surface area contributed by atoms with Crippen LogP contribution in [0.15, 0.2) is 0 Å². The number of carbonyl (C=O) groups is 1. The van der Waals surface area contributed by atoms with E-state index in [4.69, 9.17) is 0 Å². The Morgan fingerprint density at radius 1 is 1.27 bits per heavy atom. The van der Waals surface area contributed by atoms with Crippen LogP contribution in [0.25, 0.3) is 0 Å². The molecule has 1 aromatic rings. The lowest BCUT2D eigenvalue weighted by atomic mass is 9.95. The Kier molecular flexibility index (Phi) is 5.39. The van der Waals surface area contributed by atoms with Gasteiger partial charge in [-0.05, 0) is 12.8 Å². The summed E-state index contributed by atoms with van der Waals surface area (Å²) in [5.74, 6) is 0.718. The fourth-order valence-corrected chi connectivity index (χ4v) is 3.28. The molecule has 0 radical (unpaired) electrons. The lowest BCUT2D eigenvalue weighted by Gasteiger charge is -2.26. The molecule has 0 bridgehead atoms. The Morgan fingerprint density at radius 3 is 2.45 bits per heavy atom. The van der Waals surface area contributed by atoms with E-state index in [0.717, 1.165) is 44.3 Å². The molecule has 22 heavy (non-hydrogen) atoms. The first kappa shape index (κ1) is 17.1. The van der Waals surface area contributed by atoms with Gasteiger partial charge in [0.15, 0.2) is 0 Å². The molecule has 2 amide bonds. The van der Waals surface area contributed by atoms with Gasteiger partial charge in [0.25, 0.3) is 0 Å². The Hall–Kier alpha value is -1.21. The smallest absolute Gasteiger partial charge is 0.321 e. The van der Waals surface area contributed by atoms with E-state index < -0.39 is 5.60 Å². The number of urea groups is 1. The minimum atomic E-state index is -0.772. The molecule has 0 spiro atoms. The Morgan fingerprint density at radius 2 is 1.91 bits per heavy atom. The van der Waals surface area contributed by atoms with Crippen LogP contribution >= 0.6 is 11.5 Å². The number of rotatable bonds is 3. The maximum absolute atomic E-state index is 11.9. The second kappa shape index (κ2) is 6.91. The van der Waals surface area contributed by atoms with Crippen LogP contribution in [0.1, 0.15) is 65.1 Å². The summed E-state index contributed by atoms with van der Waals surface area (Å²) in [4.78, 5) is 16.3. The molecule has 0 aromatic carbocycles. The number of hydrogen-bond donors (Lipinski definition) is 3. The second-order valence-electron chi connectivity index (χ2n) is 7.12. The van der Waals surface area contributed by atoms with Gasteiger partial charge in [-0.25, -0.2) is 9.78 Å². The summed E-state index contributed by atoms with van der Waals surface area (Å²) in [6, 6.07) is -0.339. The number of hydrogen-bond acceptors (Lipinski definition) is 5. The number of carbonyl (C=O) groups excluding carboxylic acids is 1. The van der Waals surface area contributed by atoms with Crippen molar-refractivity contribution in [3.8, 4) is 0 Å². The van der Waals surface area contributed by atoms with E-state index in [1.807, 2.05) is 20.8 Å². The molecule has 1 aliphatic rings. The summed E-state index contributed by atoms with van der Waals surface area (Å²) in [6.45, 7) is 6.37. The monoisotopic (exact) mass is 326 g/mol. The average molecular weight is 326 g/mol. The topological polar surface area (TPSA) is 87.1 Å². The first-order valence-corrected chi connectivity index (χ1v) is 8.67. The van der Waals surface area contributed by atoms with Gasteiger partial charge in [0.05, 0.1) is 5.60 Å². The molecule has 0 unspecified atom stereocenters. The third kappa shape index (κ3) is 4.91. The van der Waals surface area contributed by atoms with E-state index >= 15 is 0 Å². The third-order valence-corrected chi connectivity index (χ3v) is 4.56. The summed E-state index contributed by atoms with van der Waals surface area (Å²) in [5, 5.41) is 16.4. The van der Waals surface area contributed by atoms with Crippen LogP contribution in [0.3, 0.4) is 0 Å². The molecule has 6 nitrogen and oxygen atoms in total. The zero-order valence-corrected chi connectivity index (χ0v) is 14.4. The van der Waals surface area contributed by atoms with Gasteiger partial charge in [-0.15, -0.1) is 0 Å². The van der Waals surface area contributed by atoms with E-state index in [0.29, 0.717) is 5.13 Å². The highest BCUT2D eigenvalue weighted by atomic mass is 32.1. The molecule has 1 aromatic heterocycles. The maximum atomic E-state index is 11.9. The molecule has 0 saturated heterocycles. The molecule has 7 heteroatoms. The first-order chi connectivity index (χ1) is 10.3. The summed E-state index contributed by atoms with van der Waals surface area (Å²) in [6.07, 6.45) is 5.86. The number of nitrogens with zero attached hydrogens (tertiary/aromatic N) is 2. The van der Waals surface area contributed by atoms with E-state index in [9.17, 15) is 9.90 Å². The molecule has 1 fully saturated rings. The van der Waals surface area contributed by atoms with Gasteiger partial charge in [0.1, 0.15) is 5.82 Å². The molecule has 1 heterocycles. The van der Waals surface area contributed by atoms with Gasteiger partial charge in [-0.3, -0.25) is 5.32 Å². The average Bonchev–Trinajstić information content (AvgIpc) is 2.79. The summed E-state index contributed by atoms with van der Waals surface area (Å²) >= 11 is 1.17. The summed E-state index contributed by atoms with van der Waals surface area (Å²) in [7, 11) is 0. The van der Waals surface area contributed by atoms with Crippen LogP contribution in [-0.2, 0) is 5.41 Å². The van der Waals surface area contributed by atoms with E-state index in [1.54, 1.807) is 0 Å². The van der Waals surface area contributed by atoms with Crippen LogP contribution in [-0.4, -0.2) is 32.6 Å². The molecule has 0 atom stereocenters. The zero-order valence-electron chi connectivity index (χ0n) is 13.6. The first-order valence-electron chi connectivity index (χ1n) is 7.90. The quantitative estimate of drug-likeness (QED) is 0.745. The van der Waals surface area contributed by atoms with E-state index in [1.165, 1.54) is 11.5 Å². The minimum Gasteiger partial charge on any atom is -0.388 e. The number of nitrogens with one attached hydrogen (secondary N) is 2. The van der Waals surface area contributed by atoms with Crippen molar-refractivity contribution in [1.82, 2.24) is 14.7 Å². The highest BCUT2D eigenvalue weighted by Gasteiger charge is 2.28. The molecule has 124 valence electrons. The number of anilines is 1. The lowest BCUT2D eigenvalue weighted by Crippen LogP contribution is -2.44. The number of aliphatic hydroxyl groups is 1. The maximum Gasteiger partial charge on any atom is 0.321 e. The van der Waals surface area contributed by atoms with Crippen molar-refractivity contribution < 1.29 is 9.90 Å². The zero-order chi connectivity index (χ0) is 16.2. The van der Waals surface area contributed by atoms with Crippen molar-refractivity contribution in [1.29, 1.82) is 0 Å². The van der Waals surface area contributed by atoms with Crippen LogP contribution in [0.5, 0.6) is 0 Å². The third-order valence-electron chi connectivity index (χ3n) is 3.93. The Bertz CT molecular complexity index is 502. The van der Waals surface area contributed by atoms with Gasteiger partial charge in [-0.1, -0.05) is 46.5 Å². The molecular weight excluding hydrogens is 300 g/mol. The molecule has 3 N–H and O–H groups in total. The highest BCUT2D eigenvalue weighted by Crippen LogP contribution is 2.26. The van der Waals surface area contributed by atoms with Crippen molar-refractivity contribution in [2.24, 2.45) is 0 Å². The Balaban J connectivity index is 1.84. The minimum absolute atomic E-state index is 0.136. The fraction of sp³-hybridized carbons (Fsp3) is 0.800. The SMILES string of the molecule is CC(C)(C)c1nsc(NC(=O)NCC2(O)CCCCCC2)n1. The van der Waals surface area contributed by atoms with E-state index in [-0.39, 0.29) is 18.0 Å². The van der Waals surface area contributed by atoms with Crippen LogP contribution in [0.2, 0.25) is 0 Å². The van der Waals surface area contributed by atoms with Gasteiger partial charge in [-0.2, -0.15) is 4.37 Å². The normalized spacial score (nSPS) is 18.5. The number of amides is 2. The predicted molar refractivity (Wildman–Crippen MR) is 88.3 cm³/mol. The van der Waals surface area contributed by atoms with Gasteiger partial charge in [0, 0.05) is 23.5 Å². The standard InChI is InChI=1S/C15H26N4O2S/c1-14(2,3)11-17-13(22-19-11)18-12(20)16-10-15(21)8-6-4-5-7-9-15/h21H,4-10H2,1-3H3,(H2,16,17,18,19,20). The van der Waals surface area contributed by atoms with Crippen molar-refractivity contribution in [3.63, 3.8) is 0 Å². The molecule has 1 saturated carbocycles. The highest BCUT2D eigenvalue weighted by molar-refractivity contribution is 7.09. The molecule has 2 rings (SSSR count). The van der Waals surface area contributed by atoms with Crippen molar-refractivity contribution in [2.75, 3.05) is 11.9 Å². The second-order valence-corrected chi connectivity index (χ2v) is 7.87. The summed E-state index contributed by atoms with van der Waals surface area (Å²) in [5.41, 5.74) is -0.909. The molecule has 0 aliphatic heterocycles.